The van der Waals surface area contributed by atoms with Crippen LogP contribution in [0.1, 0.15) is 5.69 Å². The Morgan fingerprint density at radius 1 is 1.53 bits per heavy atom. The molecule has 0 saturated heterocycles. The van der Waals surface area contributed by atoms with Gasteiger partial charge in [-0.2, -0.15) is 5.10 Å². The van der Waals surface area contributed by atoms with Crippen LogP contribution >= 0.6 is 11.3 Å². The van der Waals surface area contributed by atoms with Crippen molar-refractivity contribution in [3.05, 3.63) is 33.1 Å². The highest BCUT2D eigenvalue weighted by atomic mass is 32.1. The first-order valence-corrected chi connectivity index (χ1v) is 5.48. The molecular formula is C9H12N4OS. The van der Waals surface area contributed by atoms with Crippen molar-refractivity contribution in [2.24, 2.45) is 0 Å². The van der Waals surface area contributed by atoms with Crippen molar-refractivity contribution in [1.82, 2.24) is 14.3 Å². The number of nitrogen functional groups attached to an aromatic ring is 1. The molecule has 2 aromatic heterocycles. The van der Waals surface area contributed by atoms with Crippen molar-refractivity contribution in [1.29, 1.82) is 0 Å². The van der Waals surface area contributed by atoms with Gasteiger partial charge in [-0.3, -0.25) is 9.48 Å². The maximum Gasteiger partial charge on any atom is 0.307 e. The molecule has 80 valence electrons. The van der Waals surface area contributed by atoms with E-state index < -0.39 is 0 Å². The fraction of sp³-hybridized carbons (Fsp3) is 0.333. The topological polar surface area (TPSA) is 65.8 Å². The zero-order chi connectivity index (χ0) is 10.8. The summed E-state index contributed by atoms with van der Waals surface area (Å²) in [6.45, 7) is 3.15. The highest BCUT2D eigenvalue weighted by Gasteiger charge is 2.01. The Morgan fingerprint density at radius 2 is 2.33 bits per heavy atom. The minimum Gasteiger partial charge on any atom is -0.396 e. The summed E-state index contributed by atoms with van der Waals surface area (Å²) in [5, 5.41) is 6.00. The van der Waals surface area contributed by atoms with Crippen molar-refractivity contribution in [3.63, 3.8) is 0 Å². The summed E-state index contributed by atoms with van der Waals surface area (Å²) in [5.41, 5.74) is 7.18. The summed E-state index contributed by atoms with van der Waals surface area (Å²) in [7, 11) is 0. The van der Waals surface area contributed by atoms with Gasteiger partial charge < -0.3 is 10.3 Å². The number of rotatable bonds is 3. The lowest BCUT2D eigenvalue weighted by Gasteiger charge is -2.01. The van der Waals surface area contributed by atoms with Gasteiger partial charge in [-0.25, -0.2) is 0 Å². The third-order valence-electron chi connectivity index (χ3n) is 2.20. The molecule has 0 spiro atoms. The third-order valence-corrected chi connectivity index (χ3v) is 2.89. The second-order valence-corrected chi connectivity index (χ2v) is 4.15. The van der Waals surface area contributed by atoms with E-state index in [1.165, 1.54) is 11.3 Å². The molecule has 2 aromatic rings. The van der Waals surface area contributed by atoms with Gasteiger partial charge in [-0.05, 0) is 6.92 Å². The molecule has 15 heavy (non-hydrogen) atoms. The number of aryl methyl sites for hydroxylation is 3. The minimum absolute atomic E-state index is 0.0619. The molecule has 0 aliphatic heterocycles. The first-order chi connectivity index (χ1) is 7.16. The number of nitrogens with zero attached hydrogens (tertiary/aromatic N) is 3. The summed E-state index contributed by atoms with van der Waals surface area (Å²) in [6, 6.07) is 0. The second kappa shape index (κ2) is 3.90. The number of nitrogens with two attached hydrogens (primary N) is 1. The summed E-state index contributed by atoms with van der Waals surface area (Å²) in [4.78, 5) is 11.3. The van der Waals surface area contributed by atoms with E-state index in [1.54, 1.807) is 27.0 Å². The van der Waals surface area contributed by atoms with Gasteiger partial charge in [0.2, 0.25) is 0 Å². The van der Waals surface area contributed by atoms with E-state index >= 15 is 0 Å². The number of hydrogen-bond acceptors (Lipinski definition) is 4. The molecule has 0 aliphatic rings. The normalized spacial score (nSPS) is 10.7. The summed E-state index contributed by atoms with van der Waals surface area (Å²) >= 11 is 1.20. The molecule has 0 saturated carbocycles. The standard InChI is InChI=1S/C9H12N4OS/c1-7-8(10)6-13(11-7)3-2-12-4-5-15-9(12)14/h4-6H,2-3,10H2,1H3. The lowest BCUT2D eigenvalue weighted by Crippen LogP contribution is -2.16. The fourth-order valence-electron chi connectivity index (χ4n) is 1.31. The first-order valence-electron chi connectivity index (χ1n) is 4.60. The molecule has 0 atom stereocenters. The van der Waals surface area contributed by atoms with Crippen molar-refractivity contribution in [2.75, 3.05) is 5.73 Å². The smallest absolute Gasteiger partial charge is 0.307 e. The molecule has 0 aromatic carbocycles. The Kier molecular flexibility index (Phi) is 2.59. The van der Waals surface area contributed by atoms with Gasteiger partial charge in [-0.1, -0.05) is 11.3 Å². The third kappa shape index (κ3) is 2.10. The second-order valence-electron chi connectivity index (χ2n) is 3.30. The van der Waals surface area contributed by atoms with E-state index in [0.29, 0.717) is 18.8 Å². The Morgan fingerprint density at radius 3 is 2.87 bits per heavy atom. The number of anilines is 1. The van der Waals surface area contributed by atoms with Crippen LogP contribution in [0.5, 0.6) is 0 Å². The highest BCUT2D eigenvalue weighted by molar-refractivity contribution is 7.07. The molecule has 0 radical (unpaired) electrons. The average Bonchev–Trinajstić information content (AvgIpc) is 2.72. The van der Waals surface area contributed by atoms with E-state index in [2.05, 4.69) is 5.10 Å². The van der Waals surface area contributed by atoms with Crippen LogP contribution in [-0.2, 0) is 13.1 Å². The van der Waals surface area contributed by atoms with Crippen LogP contribution in [0.3, 0.4) is 0 Å². The van der Waals surface area contributed by atoms with Gasteiger partial charge in [-0.15, -0.1) is 0 Å². The molecule has 6 heteroatoms. The maximum atomic E-state index is 11.2. The molecule has 2 heterocycles. The van der Waals surface area contributed by atoms with Crippen LogP contribution < -0.4 is 10.6 Å². The van der Waals surface area contributed by atoms with Crippen molar-refractivity contribution < 1.29 is 0 Å². The molecule has 2 N–H and O–H groups in total. The van der Waals surface area contributed by atoms with Crippen LogP contribution in [0.15, 0.2) is 22.6 Å². The van der Waals surface area contributed by atoms with Gasteiger partial charge in [0.15, 0.2) is 0 Å². The zero-order valence-electron chi connectivity index (χ0n) is 8.38. The SMILES string of the molecule is Cc1nn(CCn2ccsc2=O)cc1N. The van der Waals surface area contributed by atoms with Crippen LogP contribution in [0, 0.1) is 6.92 Å². The quantitative estimate of drug-likeness (QED) is 0.834. The van der Waals surface area contributed by atoms with Gasteiger partial charge in [0.1, 0.15) is 0 Å². The van der Waals surface area contributed by atoms with E-state index in [1.807, 2.05) is 6.92 Å². The van der Waals surface area contributed by atoms with E-state index in [0.717, 1.165) is 5.69 Å². The number of aromatic nitrogens is 3. The molecule has 0 amide bonds. The monoisotopic (exact) mass is 224 g/mol. The predicted molar refractivity (Wildman–Crippen MR) is 60.0 cm³/mol. The lowest BCUT2D eigenvalue weighted by atomic mass is 10.4. The highest BCUT2D eigenvalue weighted by Crippen LogP contribution is 2.06. The molecule has 0 unspecified atom stereocenters. The average molecular weight is 224 g/mol. The van der Waals surface area contributed by atoms with Crippen LogP contribution in [0.2, 0.25) is 0 Å². The van der Waals surface area contributed by atoms with E-state index in [9.17, 15) is 4.79 Å². The Bertz CT molecular complexity index is 491. The van der Waals surface area contributed by atoms with Gasteiger partial charge in [0.05, 0.1) is 17.9 Å². The number of hydrogen-bond donors (Lipinski definition) is 1. The largest absolute Gasteiger partial charge is 0.396 e. The van der Waals surface area contributed by atoms with Crippen molar-refractivity contribution in [2.45, 2.75) is 20.0 Å². The molecule has 0 fully saturated rings. The lowest BCUT2D eigenvalue weighted by molar-refractivity contribution is 0.527. The summed E-state index contributed by atoms with van der Waals surface area (Å²) in [5.74, 6) is 0. The summed E-state index contributed by atoms with van der Waals surface area (Å²) in [6.07, 6.45) is 3.57. The zero-order valence-corrected chi connectivity index (χ0v) is 9.20. The van der Waals surface area contributed by atoms with Crippen molar-refractivity contribution >= 4 is 17.0 Å². The number of thiazole rings is 1. The van der Waals surface area contributed by atoms with Crippen LogP contribution in [0.4, 0.5) is 5.69 Å². The van der Waals surface area contributed by atoms with Gasteiger partial charge >= 0.3 is 4.87 Å². The van der Waals surface area contributed by atoms with Crippen LogP contribution in [-0.4, -0.2) is 14.3 Å². The Hall–Kier alpha value is -1.56. The Balaban J connectivity index is 2.05. The molecule has 5 nitrogen and oxygen atoms in total. The minimum atomic E-state index is 0.0619. The maximum absolute atomic E-state index is 11.2. The van der Waals surface area contributed by atoms with Crippen molar-refractivity contribution in [3.8, 4) is 0 Å². The van der Waals surface area contributed by atoms with Gasteiger partial charge in [0.25, 0.3) is 0 Å². The molecular weight excluding hydrogens is 212 g/mol. The fourth-order valence-corrected chi connectivity index (χ4v) is 1.93. The molecule has 0 bridgehead atoms. The first kappa shape index (κ1) is 9.97. The van der Waals surface area contributed by atoms with Crippen LogP contribution in [0.25, 0.3) is 0 Å². The molecule has 2 rings (SSSR count). The predicted octanol–water partition coefficient (Wildman–Crippen LogP) is 0.697. The van der Waals surface area contributed by atoms with E-state index in [-0.39, 0.29) is 4.87 Å². The van der Waals surface area contributed by atoms with E-state index in [4.69, 9.17) is 5.73 Å². The van der Waals surface area contributed by atoms with Gasteiger partial charge in [0, 0.05) is 24.3 Å². The Labute approximate surface area is 90.8 Å². The summed E-state index contributed by atoms with van der Waals surface area (Å²) < 4.78 is 3.42. The molecule has 0 aliphatic carbocycles.